The zero-order valence-electron chi connectivity index (χ0n) is 35.0. The third kappa shape index (κ3) is 9.36. The van der Waals surface area contributed by atoms with Crippen molar-refractivity contribution in [2.45, 2.75) is 92.8 Å². The van der Waals surface area contributed by atoms with Gasteiger partial charge in [-0.1, -0.05) is 175 Å². The molecule has 0 bridgehead atoms. The minimum absolute atomic E-state index is 0. The van der Waals surface area contributed by atoms with E-state index in [1.54, 1.807) is 0 Å². The fourth-order valence-electron chi connectivity index (χ4n) is 8.80. The van der Waals surface area contributed by atoms with Crippen LogP contribution in [0, 0.1) is 11.8 Å². The summed E-state index contributed by atoms with van der Waals surface area (Å²) in [4.78, 5) is 2.64. The highest BCUT2D eigenvalue weighted by molar-refractivity contribution is 6.75. The smallest absolute Gasteiger partial charge is 0.0239 e. The third-order valence-corrected chi connectivity index (χ3v) is 12.1. The summed E-state index contributed by atoms with van der Waals surface area (Å²) in [5.41, 5.74) is 16.8. The molecule has 56 heavy (non-hydrogen) atoms. The van der Waals surface area contributed by atoms with E-state index in [1.165, 1.54) is 66.8 Å². The second-order valence-electron chi connectivity index (χ2n) is 14.7. The predicted molar refractivity (Wildman–Crippen MR) is 247 cm³/mol. The van der Waals surface area contributed by atoms with Crippen molar-refractivity contribution >= 4 is 23.9 Å². The summed E-state index contributed by atoms with van der Waals surface area (Å²) in [6, 6.07) is 55.0. The first-order chi connectivity index (χ1) is 27.0. The molecule has 1 unspecified atom stereocenters. The fraction of sp³-hybridized carbons (Fsp3) is 0.308. The van der Waals surface area contributed by atoms with Crippen molar-refractivity contribution in [1.82, 2.24) is 4.90 Å². The zero-order chi connectivity index (χ0) is 39.5. The van der Waals surface area contributed by atoms with Crippen LogP contribution in [0.1, 0.15) is 94.7 Å². The summed E-state index contributed by atoms with van der Waals surface area (Å²) < 4.78 is 0. The Bertz CT molecular complexity index is 2080. The lowest BCUT2D eigenvalue weighted by Crippen LogP contribution is -2.33. The summed E-state index contributed by atoms with van der Waals surface area (Å²) in [6.07, 6.45) is 2.09. The summed E-state index contributed by atoms with van der Waals surface area (Å²) in [5.74, 6) is 2.02. The quantitative estimate of drug-likeness (QED) is 0.159. The van der Waals surface area contributed by atoms with Crippen molar-refractivity contribution < 1.29 is 0 Å². The number of fused-ring (bicyclic) bond motifs is 6. The van der Waals surface area contributed by atoms with Crippen molar-refractivity contribution in [3.63, 3.8) is 0 Å². The Balaban J connectivity index is 0.000000257. The highest BCUT2D eigenvalue weighted by Gasteiger charge is 2.39. The molecule has 0 N–H and O–H groups in total. The lowest BCUT2D eigenvalue weighted by Gasteiger charge is -2.27. The van der Waals surface area contributed by atoms with E-state index in [9.17, 15) is 0 Å². The Morgan fingerprint density at radius 2 is 0.946 bits per heavy atom. The Hall–Kier alpha value is -4.53. The molecule has 0 aromatic heterocycles. The van der Waals surface area contributed by atoms with Crippen molar-refractivity contribution in [1.29, 1.82) is 0 Å². The van der Waals surface area contributed by atoms with Gasteiger partial charge in [0.1, 0.15) is 0 Å². The van der Waals surface area contributed by atoms with Gasteiger partial charge in [-0.3, -0.25) is 4.90 Å². The van der Waals surface area contributed by atoms with E-state index in [0.717, 1.165) is 31.2 Å². The first kappa shape index (κ1) is 44.2. The van der Waals surface area contributed by atoms with Gasteiger partial charge in [0.2, 0.25) is 0 Å². The molecule has 4 heteroatoms. The molecule has 0 spiro atoms. The lowest BCUT2D eigenvalue weighted by atomic mass is 9.81. The molecular formula is C52H59B3N. The number of hydrogen-bond acceptors (Lipinski definition) is 1. The Kier molecular flexibility index (Phi) is 16.7. The molecule has 1 saturated heterocycles. The van der Waals surface area contributed by atoms with Gasteiger partial charge >= 0.3 is 0 Å². The van der Waals surface area contributed by atoms with Gasteiger partial charge in [0.25, 0.3) is 0 Å². The van der Waals surface area contributed by atoms with Crippen LogP contribution in [0.2, 0.25) is 0 Å². The number of benzene rings is 6. The van der Waals surface area contributed by atoms with Crippen LogP contribution in [-0.2, 0) is 19.4 Å². The molecule has 6 aromatic carbocycles. The van der Waals surface area contributed by atoms with E-state index in [4.69, 9.17) is 0 Å². The average Bonchev–Trinajstić information content (AvgIpc) is 3.85. The van der Waals surface area contributed by atoms with Crippen molar-refractivity contribution in [3.05, 3.63) is 179 Å². The lowest BCUT2D eigenvalue weighted by molar-refractivity contribution is 0.189. The van der Waals surface area contributed by atoms with Crippen LogP contribution >= 0.6 is 0 Å². The molecule has 5 atom stereocenters. The zero-order valence-corrected chi connectivity index (χ0v) is 35.0. The van der Waals surface area contributed by atoms with Gasteiger partial charge in [-0.05, 0) is 117 Å². The van der Waals surface area contributed by atoms with Crippen LogP contribution in [0.15, 0.2) is 146 Å². The van der Waals surface area contributed by atoms with E-state index in [1.807, 2.05) is 27.7 Å². The maximum absolute atomic E-state index is 4.00. The second kappa shape index (κ2) is 21.1. The molecule has 1 aliphatic heterocycles. The normalized spacial score (nSPS) is 19.2. The molecular weight excluding hydrogens is 671 g/mol. The van der Waals surface area contributed by atoms with E-state index in [0.29, 0.717) is 18.0 Å². The molecule has 1 nitrogen and oxygen atoms in total. The van der Waals surface area contributed by atoms with Crippen molar-refractivity contribution in [2.24, 2.45) is 11.8 Å². The van der Waals surface area contributed by atoms with Crippen LogP contribution in [-0.4, -0.2) is 40.9 Å². The van der Waals surface area contributed by atoms with E-state index < -0.39 is 0 Å². The summed E-state index contributed by atoms with van der Waals surface area (Å²) in [5, 5.41) is 0. The molecule has 1 fully saturated rings. The van der Waals surface area contributed by atoms with Gasteiger partial charge in [0.05, 0.1) is 0 Å². The molecule has 9 rings (SSSR count). The Morgan fingerprint density at radius 1 is 0.482 bits per heavy atom. The highest BCUT2D eigenvalue weighted by Crippen LogP contribution is 2.48. The average molecular weight is 730 g/mol. The maximum Gasteiger partial charge on any atom is 0.0239 e. The van der Waals surface area contributed by atoms with Gasteiger partial charge in [0.15, 0.2) is 0 Å². The SMILES string of the molecule is CC.CC.C[C@@H]1[C@H](C)[C@H](C)N(Cc2ccccc2)[C@@H]1C.[B].[B][B].c1ccc(CC2c3ccccc3-c3cc(-c4ccc5c(c4)-c4ccccc4C5)ccc32)cc1. The summed E-state index contributed by atoms with van der Waals surface area (Å²) in [6.45, 7) is 18.6. The predicted octanol–water partition coefficient (Wildman–Crippen LogP) is 12.7. The first-order valence-electron chi connectivity index (χ1n) is 20.6. The van der Waals surface area contributed by atoms with Gasteiger partial charge in [-0.15, -0.1) is 0 Å². The number of likely N-dealkylation sites (tertiary alicyclic amines) is 1. The largest absolute Gasteiger partial charge is 0.293 e. The van der Waals surface area contributed by atoms with Gasteiger partial charge in [-0.2, -0.15) is 0 Å². The van der Waals surface area contributed by atoms with Crippen LogP contribution in [0.5, 0.6) is 0 Å². The standard InChI is InChI=1S/C33H24.C15H23N.2C2H6.B2.B/c1-2-8-22(9-3-1)18-32-28-12-6-7-13-29(28)33-21-24(16-17-30(32)33)23-14-15-26-19-25-10-4-5-11-27(25)31(26)20-23;1-11-12(2)14(4)16(13(11)3)10-15-8-6-5-7-9-15;3*1-2;/h1-17,20-21,32H,18-19H2;5-9,11-14H,10H2,1-4H3;2*1-2H3;;/t;11-,12+,13-,14+;;;;. The van der Waals surface area contributed by atoms with Crippen molar-refractivity contribution in [2.75, 3.05) is 0 Å². The first-order valence-corrected chi connectivity index (χ1v) is 20.6. The van der Waals surface area contributed by atoms with Gasteiger partial charge < -0.3 is 0 Å². The molecule has 0 saturated carbocycles. The van der Waals surface area contributed by atoms with E-state index in [2.05, 4.69) is 194 Å². The molecule has 2 aliphatic carbocycles. The molecule has 6 aromatic rings. The Labute approximate surface area is 344 Å². The number of nitrogens with zero attached hydrogens (tertiary/aromatic N) is 1. The maximum atomic E-state index is 4.00. The molecule has 3 aliphatic rings. The summed E-state index contributed by atoms with van der Waals surface area (Å²) >= 11 is 0. The fourth-order valence-corrected chi connectivity index (χ4v) is 8.80. The van der Waals surface area contributed by atoms with Crippen LogP contribution < -0.4 is 0 Å². The molecule has 0 amide bonds. The number of hydrogen-bond donors (Lipinski definition) is 0. The third-order valence-electron chi connectivity index (χ3n) is 12.1. The molecule has 281 valence electrons. The monoisotopic (exact) mass is 730 g/mol. The summed E-state index contributed by atoms with van der Waals surface area (Å²) in [7, 11) is 8.00. The highest BCUT2D eigenvalue weighted by atomic mass is 15.2. The molecule has 7 radical (unpaired) electrons. The number of rotatable bonds is 5. The van der Waals surface area contributed by atoms with Gasteiger partial charge in [-0.25, -0.2) is 0 Å². The minimum atomic E-state index is 0. The van der Waals surface area contributed by atoms with Gasteiger partial charge in [0, 0.05) is 48.4 Å². The van der Waals surface area contributed by atoms with Crippen molar-refractivity contribution in [3.8, 4) is 33.4 Å². The van der Waals surface area contributed by atoms with E-state index in [-0.39, 0.29) is 8.41 Å². The topological polar surface area (TPSA) is 3.24 Å². The second-order valence-corrected chi connectivity index (χ2v) is 14.7. The van der Waals surface area contributed by atoms with Crippen LogP contribution in [0.3, 0.4) is 0 Å². The Morgan fingerprint density at radius 3 is 1.57 bits per heavy atom. The minimum Gasteiger partial charge on any atom is -0.293 e. The van der Waals surface area contributed by atoms with E-state index >= 15 is 0 Å². The molecule has 1 heterocycles. The van der Waals surface area contributed by atoms with Crippen LogP contribution in [0.4, 0.5) is 0 Å². The van der Waals surface area contributed by atoms with Crippen LogP contribution in [0.25, 0.3) is 33.4 Å².